The quantitative estimate of drug-likeness (QED) is 0.811. The number of ether oxygens (including phenoxy) is 2. The van der Waals surface area contributed by atoms with Crippen LogP contribution in [0.2, 0.25) is 0 Å². The Hall–Kier alpha value is -1.27. The topological polar surface area (TPSA) is 48.4 Å². The first kappa shape index (κ1) is 12.7. The van der Waals surface area contributed by atoms with Crippen LogP contribution in [0.5, 0.6) is 5.75 Å². The van der Waals surface area contributed by atoms with Gasteiger partial charge in [-0.05, 0) is 25.1 Å². The number of carbonyl (C=O) groups is 1. The van der Waals surface area contributed by atoms with Crippen LogP contribution in [0.25, 0.3) is 10.2 Å². The number of nitrogens with zero attached hydrogens (tertiary/aromatic N) is 1. The Kier molecular flexibility index (Phi) is 3.61. The fourth-order valence-corrected chi connectivity index (χ4v) is 4.21. The summed E-state index contributed by atoms with van der Waals surface area (Å²) in [6, 6.07) is 5.87. The van der Waals surface area contributed by atoms with E-state index in [0.29, 0.717) is 13.2 Å². The van der Waals surface area contributed by atoms with Crippen molar-refractivity contribution in [2.75, 3.05) is 13.2 Å². The number of cyclic esters (lactones) is 1. The second-order valence-corrected chi connectivity index (χ2v) is 6.59. The van der Waals surface area contributed by atoms with Crippen LogP contribution in [-0.2, 0) is 9.53 Å². The molecule has 0 amide bonds. The molecule has 2 heterocycles. The fraction of sp³-hybridized carbons (Fsp3) is 0.385. The molecule has 0 spiro atoms. The number of thioether (sulfide) groups is 1. The second-order valence-electron chi connectivity index (χ2n) is 4.10. The highest BCUT2D eigenvalue weighted by Crippen LogP contribution is 2.36. The van der Waals surface area contributed by atoms with Crippen molar-refractivity contribution < 1.29 is 14.3 Å². The van der Waals surface area contributed by atoms with Crippen LogP contribution >= 0.6 is 23.1 Å². The van der Waals surface area contributed by atoms with Crippen LogP contribution in [0.15, 0.2) is 22.5 Å². The smallest absolute Gasteiger partial charge is 0.319 e. The first-order valence-corrected chi connectivity index (χ1v) is 7.82. The van der Waals surface area contributed by atoms with Crippen LogP contribution in [-0.4, -0.2) is 29.4 Å². The highest BCUT2D eigenvalue weighted by molar-refractivity contribution is 8.02. The molecule has 0 aliphatic carbocycles. The van der Waals surface area contributed by atoms with E-state index in [1.807, 2.05) is 25.1 Å². The molecular formula is C13H13NO3S2. The number of hydrogen-bond donors (Lipinski definition) is 0. The maximum Gasteiger partial charge on any atom is 0.319 e. The molecule has 2 aromatic rings. The molecule has 19 heavy (non-hydrogen) atoms. The molecule has 6 heteroatoms. The van der Waals surface area contributed by atoms with Crippen molar-refractivity contribution in [3.8, 4) is 5.75 Å². The van der Waals surface area contributed by atoms with E-state index in [1.165, 1.54) is 11.8 Å². The summed E-state index contributed by atoms with van der Waals surface area (Å²) in [7, 11) is 0. The first-order valence-electron chi connectivity index (χ1n) is 6.13. The second kappa shape index (κ2) is 5.38. The van der Waals surface area contributed by atoms with Crippen molar-refractivity contribution in [1.29, 1.82) is 0 Å². The van der Waals surface area contributed by atoms with Gasteiger partial charge in [-0.2, -0.15) is 0 Å². The molecular weight excluding hydrogens is 282 g/mol. The summed E-state index contributed by atoms with van der Waals surface area (Å²) in [6.07, 6.45) is 0.767. The lowest BCUT2D eigenvalue weighted by Crippen LogP contribution is -2.08. The van der Waals surface area contributed by atoms with Gasteiger partial charge in [0, 0.05) is 6.42 Å². The molecule has 1 aromatic heterocycles. The summed E-state index contributed by atoms with van der Waals surface area (Å²) in [5.41, 5.74) is 0.947. The van der Waals surface area contributed by atoms with Gasteiger partial charge in [-0.15, -0.1) is 11.3 Å². The molecule has 1 atom stereocenters. The van der Waals surface area contributed by atoms with Crippen LogP contribution in [0, 0.1) is 0 Å². The van der Waals surface area contributed by atoms with Gasteiger partial charge in [0.2, 0.25) is 0 Å². The van der Waals surface area contributed by atoms with Gasteiger partial charge in [0.25, 0.3) is 0 Å². The monoisotopic (exact) mass is 295 g/mol. The summed E-state index contributed by atoms with van der Waals surface area (Å²) >= 11 is 3.09. The molecule has 3 rings (SSSR count). The number of benzene rings is 1. The van der Waals surface area contributed by atoms with E-state index in [9.17, 15) is 4.79 Å². The standard InChI is InChI=1S/C13H13NO3S2/c1-2-16-8-3-4-9-11(7-8)19-13(14-9)18-10-5-6-17-12(10)15/h3-4,7,10H,2,5-6H2,1H3/t10-/m0/s1. The van der Waals surface area contributed by atoms with Crippen molar-refractivity contribution in [2.45, 2.75) is 22.9 Å². The summed E-state index contributed by atoms with van der Waals surface area (Å²) < 4.78 is 12.4. The molecule has 1 aliphatic rings. The van der Waals surface area contributed by atoms with E-state index < -0.39 is 0 Å². The molecule has 0 saturated carbocycles. The van der Waals surface area contributed by atoms with Gasteiger partial charge in [-0.3, -0.25) is 4.79 Å². The largest absolute Gasteiger partial charge is 0.494 e. The Morgan fingerprint density at radius 3 is 3.21 bits per heavy atom. The molecule has 0 N–H and O–H groups in total. The lowest BCUT2D eigenvalue weighted by molar-refractivity contribution is -0.137. The zero-order valence-corrected chi connectivity index (χ0v) is 12.1. The highest BCUT2D eigenvalue weighted by atomic mass is 32.2. The normalized spacial score (nSPS) is 18.8. The number of carbonyl (C=O) groups excluding carboxylic acids is 1. The number of aromatic nitrogens is 1. The third kappa shape index (κ3) is 2.69. The maximum atomic E-state index is 11.4. The SMILES string of the molecule is CCOc1ccc2nc(S[C@H]3CCOC3=O)sc2c1. The number of rotatable bonds is 4. The third-order valence-electron chi connectivity index (χ3n) is 2.78. The minimum absolute atomic E-state index is 0.105. The number of esters is 1. The third-order valence-corrected chi connectivity index (χ3v) is 5.14. The Labute approximate surface area is 119 Å². The van der Waals surface area contributed by atoms with Crippen molar-refractivity contribution in [2.24, 2.45) is 0 Å². The van der Waals surface area contributed by atoms with Crippen LogP contribution in [0.4, 0.5) is 0 Å². The van der Waals surface area contributed by atoms with E-state index in [2.05, 4.69) is 4.98 Å². The molecule has 100 valence electrons. The molecule has 0 radical (unpaired) electrons. The van der Waals surface area contributed by atoms with Gasteiger partial charge in [-0.25, -0.2) is 4.98 Å². The zero-order chi connectivity index (χ0) is 13.2. The summed E-state index contributed by atoms with van der Waals surface area (Å²) in [5.74, 6) is 0.731. The highest BCUT2D eigenvalue weighted by Gasteiger charge is 2.28. The molecule has 0 bridgehead atoms. The lowest BCUT2D eigenvalue weighted by Gasteiger charge is -2.00. The number of fused-ring (bicyclic) bond motifs is 1. The predicted octanol–water partition coefficient (Wildman–Crippen LogP) is 3.10. The Bertz CT molecular complexity index is 611. The number of hydrogen-bond acceptors (Lipinski definition) is 6. The van der Waals surface area contributed by atoms with Crippen LogP contribution in [0.1, 0.15) is 13.3 Å². The van der Waals surface area contributed by atoms with Crippen molar-refractivity contribution >= 4 is 39.3 Å². The van der Waals surface area contributed by atoms with Crippen molar-refractivity contribution in [1.82, 2.24) is 4.98 Å². The van der Waals surface area contributed by atoms with Gasteiger partial charge in [0.05, 0.1) is 23.4 Å². The van der Waals surface area contributed by atoms with E-state index in [4.69, 9.17) is 9.47 Å². The van der Waals surface area contributed by atoms with Gasteiger partial charge < -0.3 is 9.47 Å². The van der Waals surface area contributed by atoms with E-state index in [0.717, 1.165) is 26.7 Å². The van der Waals surface area contributed by atoms with E-state index in [-0.39, 0.29) is 11.2 Å². The molecule has 0 unspecified atom stereocenters. The summed E-state index contributed by atoms with van der Waals surface area (Å²) in [6.45, 7) is 3.14. The fourth-order valence-electron chi connectivity index (χ4n) is 1.90. The minimum atomic E-state index is -0.126. The minimum Gasteiger partial charge on any atom is -0.494 e. The summed E-state index contributed by atoms with van der Waals surface area (Å²) in [4.78, 5) is 16.0. The van der Waals surface area contributed by atoms with E-state index in [1.54, 1.807) is 11.3 Å². The van der Waals surface area contributed by atoms with E-state index >= 15 is 0 Å². The maximum absolute atomic E-state index is 11.4. The molecule has 1 fully saturated rings. The Balaban J connectivity index is 1.82. The zero-order valence-electron chi connectivity index (χ0n) is 10.4. The van der Waals surface area contributed by atoms with Crippen molar-refractivity contribution in [3.63, 3.8) is 0 Å². The first-order chi connectivity index (χ1) is 9.26. The summed E-state index contributed by atoms with van der Waals surface area (Å²) in [5, 5.41) is -0.105. The van der Waals surface area contributed by atoms with Crippen molar-refractivity contribution in [3.05, 3.63) is 18.2 Å². The van der Waals surface area contributed by atoms with Gasteiger partial charge in [0.1, 0.15) is 11.0 Å². The van der Waals surface area contributed by atoms with Gasteiger partial charge >= 0.3 is 5.97 Å². The number of thiazole rings is 1. The van der Waals surface area contributed by atoms with Gasteiger partial charge in [-0.1, -0.05) is 11.8 Å². The van der Waals surface area contributed by atoms with Gasteiger partial charge in [0.15, 0.2) is 4.34 Å². The average molecular weight is 295 g/mol. The van der Waals surface area contributed by atoms with Crippen LogP contribution < -0.4 is 4.74 Å². The molecule has 1 aliphatic heterocycles. The Morgan fingerprint density at radius 1 is 1.58 bits per heavy atom. The van der Waals surface area contributed by atoms with Crippen LogP contribution in [0.3, 0.4) is 0 Å². The predicted molar refractivity (Wildman–Crippen MR) is 76.0 cm³/mol. The molecule has 4 nitrogen and oxygen atoms in total. The average Bonchev–Trinajstić information content (AvgIpc) is 2.96. The molecule has 1 aromatic carbocycles. The molecule has 1 saturated heterocycles. The Morgan fingerprint density at radius 2 is 2.47 bits per heavy atom. The lowest BCUT2D eigenvalue weighted by atomic mass is 10.3.